The van der Waals surface area contributed by atoms with Crippen molar-refractivity contribution in [1.82, 2.24) is 9.88 Å². The van der Waals surface area contributed by atoms with Crippen molar-refractivity contribution in [2.75, 3.05) is 32.0 Å². The molecule has 94 valence electrons. The zero-order valence-electron chi connectivity index (χ0n) is 10.3. The lowest BCUT2D eigenvalue weighted by molar-refractivity contribution is 0.215. The third-order valence-electron chi connectivity index (χ3n) is 3.42. The van der Waals surface area contributed by atoms with Crippen LogP contribution in [0, 0.1) is 5.92 Å². The van der Waals surface area contributed by atoms with Gasteiger partial charge in [-0.05, 0) is 67.3 Å². The van der Waals surface area contributed by atoms with Crippen LogP contribution in [0.4, 0.5) is 5.69 Å². The van der Waals surface area contributed by atoms with E-state index in [1.54, 1.807) is 0 Å². The van der Waals surface area contributed by atoms with Gasteiger partial charge in [0.2, 0.25) is 0 Å². The number of pyridine rings is 1. The Labute approximate surface area is 112 Å². The molecule has 0 aromatic carbocycles. The molecule has 1 aliphatic heterocycles. The maximum Gasteiger partial charge on any atom is 0.0538 e. The minimum Gasteiger partial charge on any atom is -0.384 e. The monoisotopic (exact) mass is 297 g/mol. The molecule has 0 amide bonds. The molecular weight excluding hydrogens is 278 g/mol. The molecule has 0 unspecified atom stereocenters. The lowest BCUT2D eigenvalue weighted by Gasteiger charge is -2.28. The van der Waals surface area contributed by atoms with E-state index in [-0.39, 0.29) is 0 Å². The molecule has 0 radical (unpaired) electrons. The molecule has 0 atom stereocenters. The van der Waals surface area contributed by atoms with E-state index in [4.69, 9.17) is 0 Å². The van der Waals surface area contributed by atoms with E-state index < -0.39 is 0 Å². The first-order chi connectivity index (χ1) is 8.24. The predicted molar refractivity (Wildman–Crippen MR) is 75.3 cm³/mol. The summed E-state index contributed by atoms with van der Waals surface area (Å²) in [7, 11) is 2.21. The maximum absolute atomic E-state index is 4.14. The number of likely N-dealkylation sites (tertiary alicyclic amines) is 1. The molecule has 0 spiro atoms. The Hall–Kier alpha value is -0.610. The molecule has 1 saturated heterocycles. The highest BCUT2D eigenvalue weighted by Crippen LogP contribution is 2.20. The zero-order valence-corrected chi connectivity index (χ0v) is 11.9. The molecule has 0 aliphatic carbocycles. The average molecular weight is 298 g/mol. The van der Waals surface area contributed by atoms with Crippen molar-refractivity contribution in [2.24, 2.45) is 5.92 Å². The van der Waals surface area contributed by atoms with E-state index >= 15 is 0 Å². The van der Waals surface area contributed by atoms with Crippen molar-refractivity contribution in [3.8, 4) is 0 Å². The highest BCUT2D eigenvalue weighted by atomic mass is 79.9. The number of hydrogen-bond donors (Lipinski definition) is 1. The molecule has 4 heteroatoms. The summed E-state index contributed by atoms with van der Waals surface area (Å²) in [6.45, 7) is 3.55. The SMILES string of the molecule is CN1CCC(CCNc2cncc(Br)c2)CC1. The van der Waals surface area contributed by atoms with Crippen LogP contribution in [0.25, 0.3) is 0 Å². The van der Waals surface area contributed by atoms with Crippen LogP contribution in [0.2, 0.25) is 0 Å². The van der Waals surface area contributed by atoms with E-state index in [1.165, 1.54) is 32.4 Å². The van der Waals surface area contributed by atoms with Gasteiger partial charge < -0.3 is 10.2 Å². The topological polar surface area (TPSA) is 28.2 Å². The third kappa shape index (κ3) is 4.28. The minimum absolute atomic E-state index is 0.888. The first-order valence-corrected chi connectivity index (χ1v) is 7.06. The van der Waals surface area contributed by atoms with Crippen molar-refractivity contribution < 1.29 is 0 Å². The summed E-state index contributed by atoms with van der Waals surface area (Å²) in [6, 6.07) is 2.07. The van der Waals surface area contributed by atoms with Crippen LogP contribution in [-0.2, 0) is 0 Å². The third-order valence-corrected chi connectivity index (χ3v) is 3.86. The van der Waals surface area contributed by atoms with E-state index in [9.17, 15) is 0 Å². The van der Waals surface area contributed by atoms with Gasteiger partial charge in [-0.1, -0.05) is 0 Å². The van der Waals surface area contributed by atoms with Crippen LogP contribution in [0.1, 0.15) is 19.3 Å². The van der Waals surface area contributed by atoms with Gasteiger partial charge in [-0.25, -0.2) is 0 Å². The van der Waals surface area contributed by atoms with Gasteiger partial charge in [0.1, 0.15) is 0 Å². The number of nitrogens with zero attached hydrogens (tertiary/aromatic N) is 2. The minimum atomic E-state index is 0.888. The molecule has 2 rings (SSSR count). The highest BCUT2D eigenvalue weighted by Gasteiger charge is 2.15. The van der Waals surface area contributed by atoms with Crippen LogP contribution in [0.5, 0.6) is 0 Å². The zero-order chi connectivity index (χ0) is 12.1. The molecule has 17 heavy (non-hydrogen) atoms. The van der Waals surface area contributed by atoms with Gasteiger partial charge in [-0.3, -0.25) is 4.98 Å². The fourth-order valence-corrected chi connectivity index (χ4v) is 2.64. The van der Waals surface area contributed by atoms with Crippen LogP contribution >= 0.6 is 15.9 Å². The van der Waals surface area contributed by atoms with E-state index in [0.717, 1.165) is 22.6 Å². The Morgan fingerprint density at radius 1 is 1.41 bits per heavy atom. The Kier molecular flexibility index (Phi) is 4.80. The van der Waals surface area contributed by atoms with Crippen molar-refractivity contribution in [3.05, 3.63) is 22.9 Å². The average Bonchev–Trinajstić information content (AvgIpc) is 2.32. The number of aromatic nitrogens is 1. The van der Waals surface area contributed by atoms with Crippen molar-refractivity contribution in [3.63, 3.8) is 0 Å². The fraction of sp³-hybridized carbons (Fsp3) is 0.615. The number of nitrogens with one attached hydrogen (secondary N) is 1. The summed E-state index contributed by atoms with van der Waals surface area (Å²) in [5.74, 6) is 0.888. The molecule has 3 nitrogen and oxygen atoms in total. The smallest absolute Gasteiger partial charge is 0.0538 e. The summed E-state index contributed by atoms with van der Waals surface area (Å²) < 4.78 is 1.03. The van der Waals surface area contributed by atoms with Gasteiger partial charge in [-0.15, -0.1) is 0 Å². The van der Waals surface area contributed by atoms with E-state index in [1.807, 2.05) is 12.4 Å². The summed E-state index contributed by atoms with van der Waals surface area (Å²) in [5.41, 5.74) is 1.10. The quantitative estimate of drug-likeness (QED) is 0.926. The standard InChI is InChI=1S/C13H20BrN3/c1-17-6-3-11(4-7-17)2-5-16-13-8-12(14)9-15-10-13/h8-11,16H,2-7H2,1H3. The van der Waals surface area contributed by atoms with Crippen molar-refractivity contribution >= 4 is 21.6 Å². The number of anilines is 1. The molecule has 1 fully saturated rings. The first kappa shape index (κ1) is 12.8. The molecule has 0 saturated carbocycles. The second-order valence-corrected chi connectivity index (χ2v) is 5.77. The molecular formula is C13H20BrN3. The second kappa shape index (κ2) is 6.36. The van der Waals surface area contributed by atoms with Crippen LogP contribution < -0.4 is 5.32 Å². The largest absolute Gasteiger partial charge is 0.384 e. The molecule has 1 aliphatic rings. The highest BCUT2D eigenvalue weighted by molar-refractivity contribution is 9.10. The number of piperidine rings is 1. The molecule has 1 aromatic heterocycles. The summed E-state index contributed by atoms with van der Waals surface area (Å²) in [5, 5.41) is 3.44. The lowest BCUT2D eigenvalue weighted by atomic mass is 9.94. The van der Waals surface area contributed by atoms with E-state index in [2.05, 4.69) is 44.2 Å². The van der Waals surface area contributed by atoms with E-state index in [0.29, 0.717) is 0 Å². The Balaban J connectivity index is 1.69. The van der Waals surface area contributed by atoms with Gasteiger partial charge in [-0.2, -0.15) is 0 Å². The molecule has 2 heterocycles. The summed E-state index contributed by atoms with van der Waals surface area (Å²) >= 11 is 3.43. The van der Waals surface area contributed by atoms with Gasteiger partial charge >= 0.3 is 0 Å². The van der Waals surface area contributed by atoms with Gasteiger partial charge in [0.15, 0.2) is 0 Å². The van der Waals surface area contributed by atoms with Crippen LogP contribution in [0.3, 0.4) is 0 Å². The van der Waals surface area contributed by atoms with Gasteiger partial charge in [0, 0.05) is 17.2 Å². The molecule has 1 aromatic rings. The van der Waals surface area contributed by atoms with Gasteiger partial charge in [0.25, 0.3) is 0 Å². The number of halogens is 1. The lowest BCUT2D eigenvalue weighted by Crippen LogP contribution is -2.30. The molecule has 0 bridgehead atoms. The second-order valence-electron chi connectivity index (χ2n) is 4.85. The summed E-state index contributed by atoms with van der Waals surface area (Å²) in [4.78, 5) is 6.56. The van der Waals surface area contributed by atoms with Crippen molar-refractivity contribution in [2.45, 2.75) is 19.3 Å². The Morgan fingerprint density at radius 3 is 2.88 bits per heavy atom. The molecule has 1 N–H and O–H groups in total. The number of rotatable bonds is 4. The van der Waals surface area contributed by atoms with Crippen LogP contribution in [0.15, 0.2) is 22.9 Å². The summed E-state index contributed by atoms with van der Waals surface area (Å²) in [6.07, 6.45) is 7.63. The first-order valence-electron chi connectivity index (χ1n) is 6.27. The van der Waals surface area contributed by atoms with Crippen molar-refractivity contribution in [1.29, 1.82) is 0 Å². The maximum atomic E-state index is 4.14. The van der Waals surface area contributed by atoms with Crippen LogP contribution in [-0.4, -0.2) is 36.6 Å². The van der Waals surface area contributed by atoms with Gasteiger partial charge in [0.05, 0.1) is 11.9 Å². The fourth-order valence-electron chi connectivity index (χ4n) is 2.28. The number of hydrogen-bond acceptors (Lipinski definition) is 3. The Bertz CT molecular complexity index is 348. The normalized spacial score (nSPS) is 18.2. The Morgan fingerprint density at radius 2 is 2.18 bits per heavy atom. The predicted octanol–water partition coefficient (Wildman–Crippen LogP) is 2.99.